The molecule has 0 aliphatic heterocycles. The zero-order chi connectivity index (χ0) is 13.8. The first-order chi connectivity index (χ1) is 9.10. The predicted molar refractivity (Wildman–Crippen MR) is 74.4 cm³/mol. The van der Waals surface area contributed by atoms with Crippen molar-refractivity contribution in [2.75, 3.05) is 6.26 Å². The Morgan fingerprint density at radius 3 is 2.63 bits per heavy atom. The molecule has 1 saturated carbocycles. The number of hydrogen-bond acceptors (Lipinski definition) is 3. The van der Waals surface area contributed by atoms with Crippen LogP contribution in [0.5, 0.6) is 5.75 Å². The van der Waals surface area contributed by atoms with E-state index in [1.165, 1.54) is 25.0 Å². The number of thioether (sulfide) groups is 1. The molecule has 1 aromatic carbocycles. The molecule has 5 heteroatoms. The Morgan fingerprint density at radius 1 is 1.32 bits per heavy atom. The number of hydrogen-bond donors (Lipinski definition) is 2. The average Bonchev–Trinajstić information content (AvgIpc) is 2.42. The second kappa shape index (κ2) is 6.57. The molecule has 1 aliphatic carbocycles. The lowest BCUT2D eigenvalue weighted by Gasteiger charge is -2.28. The van der Waals surface area contributed by atoms with Crippen LogP contribution in [0, 0.1) is 11.6 Å². The lowest BCUT2D eigenvalue weighted by atomic mass is 9.95. The van der Waals surface area contributed by atoms with Crippen LogP contribution in [0.1, 0.15) is 31.2 Å². The van der Waals surface area contributed by atoms with Crippen molar-refractivity contribution in [1.29, 1.82) is 0 Å². The first-order valence-electron chi connectivity index (χ1n) is 6.53. The smallest absolute Gasteiger partial charge is 0.187 e. The van der Waals surface area contributed by atoms with Crippen LogP contribution in [0.25, 0.3) is 0 Å². The molecule has 2 nitrogen and oxygen atoms in total. The molecule has 0 aromatic heterocycles. The van der Waals surface area contributed by atoms with E-state index in [-0.39, 0.29) is 0 Å². The van der Waals surface area contributed by atoms with Crippen molar-refractivity contribution < 1.29 is 13.9 Å². The summed E-state index contributed by atoms with van der Waals surface area (Å²) in [7, 11) is 0. The summed E-state index contributed by atoms with van der Waals surface area (Å²) in [6, 6.07) is 2.77. The summed E-state index contributed by atoms with van der Waals surface area (Å²) in [6.45, 7) is 0.430. The number of rotatable bonds is 4. The molecule has 2 rings (SSSR count). The average molecular weight is 287 g/mol. The normalized spacial score (nSPS) is 23.5. The summed E-state index contributed by atoms with van der Waals surface area (Å²) in [4.78, 5) is 0. The summed E-state index contributed by atoms with van der Waals surface area (Å²) in [5.41, 5.74) is 0.527. The monoisotopic (exact) mass is 287 g/mol. The third kappa shape index (κ3) is 3.83. The van der Waals surface area contributed by atoms with Gasteiger partial charge in [0.1, 0.15) is 0 Å². The number of benzene rings is 1. The van der Waals surface area contributed by atoms with E-state index in [9.17, 15) is 8.78 Å². The van der Waals surface area contributed by atoms with Crippen molar-refractivity contribution >= 4 is 11.8 Å². The topological polar surface area (TPSA) is 32.3 Å². The highest BCUT2D eigenvalue weighted by Gasteiger charge is 2.21. The number of phenolic OH excluding ortho intramolecular Hbond substituents is 1. The Hall–Kier alpha value is -0.810. The first kappa shape index (κ1) is 14.6. The van der Waals surface area contributed by atoms with Gasteiger partial charge in [-0.05, 0) is 43.2 Å². The van der Waals surface area contributed by atoms with Crippen LogP contribution in [0.3, 0.4) is 0 Å². The zero-order valence-corrected chi connectivity index (χ0v) is 11.8. The van der Waals surface area contributed by atoms with Crippen molar-refractivity contribution in [3.8, 4) is 5.75 Å². The molecule has 0 saturated heterocycles. The molecule has 2 N–H and O–H groups in total. The summed E-state index contributed by atoms with van der Waals surface area (Å²) >= 11 is 1.88. The second-order valence-electron chi connectivity index (χ2n) is 5.01. The highest BCUT2D eigenvalue weighted by molar-refractivity contribution is 7.99. The molecule has 1 fully saturated rings. The van der Waals surface area contributed by atoms with E-state index < -0.39 is 17.4 Å². The van der Waals surface area contributed by atoms with Gasteiger partial charge in [-0.2, -0.15) is 11.8 Å². The third-order valence-electron chi connectivity index (χ3n) is 3.63. The molecule has 2 unspecified atom stereocenters. The highest BCUT2D eigenvalue weighted by Crippen LogP contribution is 2.27. The van der Waals surface area contributed by atoms with Gasteiger partial charge in [-0.1, -0.05) is 6.42 Å². The maximum atomic E-state index is 13.2. The zero-order valence-electron chi connectivity index (χ0n) is 11.0. The molecule has 1 aromatic rings. The van der Waals surface area contributed by atoms with Gasteiger partial charge in [0.25, 0.3) is 0 Å². The van der Waals surface area contributed by atoms with Gasteiger partial charge in [0.2, 0.25) is 0 Å². The van der Waals surface area contributed by atoms with Crippen LogP contribution in [0.4, 0.5) is 8.78 Å². The molecule has 2 atom stereocenters. The van der Waals surface area contributed by atoms with Gasteiger partial charge in [0.15, 0.2) is 17.4 Å². The molecule has 19 heavy (non-hydrogen) atoms. The number of halogens is 2. The van der Waals surface area contributed by atoms with Crippen molar-refractivity contribution in [3.63, 3.8) is 0 Å². The van der Waals surface area contributed by atoms with Crippen LogP contribution >= 0.6 is 11.8 Å². The van der Waals surface area contributed by atoms with Crippen LogP contribution < -0.4 is 5.32 Å². The first-order valence-corrected chi connectivity index (χ1v) is 7.82. The third-order valence-corrected chi connectivity index (χ3v) is 4.73. The Bertz CT molecular complexity index is 418. The number of phenols is 1. The van der Waals surface area contributed by atoms with E-state index in [1.807, 2.05) is 11.8 Å². The molecule has 0 bridgehead atoms. The Balaban J connectivity index is 1.91. The van der Waals surface area contributed by atoms with E-state index in [1.54, 1.807) is 0 Å². The fraction of sp³-hybridized carbons (Fsp3) is 0.571. The molecule has 1 aliphatic rings. The van der Waals surface area contributed by atoms with Crippen molar-refractivity contribution in [1.82, 2.24) is 5.32 Å². The van der Waals surface area contributed by atoms with Crippen LogP contribution in [0.2, 0.25) is 0 Å². The minimum Gasteiger partial charge on any atom is -0.503 e. The van der Waals surface area contributed by atoms with E-state index in [0.29, 0.717) is 23.4 Å². The lowest BCUT2D eigenvalue weighted by Crippen LogP contribution is -2.34. The van der Waals surface area contributed by atoms with E-state index >= 15 is 0 Å². The van der Waals surface area contributed by atoms with Crippen molar-refractivity contribution in [2.24, 2.45) is 0 Å². The van der Waals surface area contributed by atoms with E-state index in [0.717, 1.165) is 12.8 Å². The van der Waals surface area contributed by atoms with Gasteiger partial charge in [0.05, 0.1) is 0 Å². The molecule has 0 radical (unpaired) electrons. The van der Waals surface area contributed by atoms with Gasteiger partial charge < -0.3 is 10.4 Å². The van der Waals surface area contributed by atoms with Gasteiger partial charge in [-0.25, -0.2) is 8.78 Å². The molecule has 0 heterocycles. The summed E-state index contributed by atoms with van der Waals surface area (Å²) in [6.07, 6.45) is 6.78. The van der Waals surface area contributed by atoms with Crippen molar-refractivity contribution in [3.05, 3.63) is 29.3 Å². The Kier molecular flexibility index (Phi) is 5.05. The maximum absolute atomic E-state index is 13.2. The summed E-state index contributed by atoms with van der Waals surface area (Å²) in [5.74, 6) is -2.70. The van der Waals surface area contributed by atoms with Gasteiger partial charge in [0, 0.05) is 17.8 Å². The van der Waals surface area contributed by atoms with E-state index in [2.05, 4.69) is 11.6 Å². The van der Waals surface area contributed by atoms with Crippen molar-refractivity contribution in [2.45, 2.75) is 43.5 Å². The lowest BCUT2D eigenvalue weighted by molar-refractivity contribution is 0.376. The fourth-order valence-electron chi connectivity index (χ4n) is 2.53. The van der Waals surface area contributed by atoms with Gasteiger partial charge in [-0.15, -0.1) is 0 Å². The molecule has 106 valence electrons. The predicted octanol–water partition coefficient (Wildman–Crippen LogP) is 3.43. The minimum atomic E-state index is -0.901. The largest absolute Gasteiger partial charge is 0.503 e. The number of nitrogens with one attached hydrogen (secondary N) is 1. The Morgan fingerprint density at radius 2 is 2.00 bits per heavy atom. The fourth-order valence-corrected chi connectivity index (χ4v) is 3.35. The molecule has 0 amide bonds. The highest BCUT2D eigenvalue weighted by atomic mass is 32.2. The molecular formula is C14H19F2NOS. The minimum absolute atomic E-state index is 0.408. The van der Waals surface area contributed by atoms with Gasteiger partial charge in [-0.3, -0.25) is 0 Å². The number of aromatic hydroxyl groups is 1. The van der Waals surface area contributed by atoms with Crippen LogP contribution in [0.15, 0.2) is 12.1 Å². The quantitative estimate of drug-likeness (QED) is 0.890. The standard InChI is InChI=1S/C14H19F2NOS/c1-19-11-4-2-3-10(7-11)17-8-9-5-12(15)14(18)13(16)6-9/h5-6,10-11,17-18H,2-4,7-8H2,1H3. The van der Waals surface area contributed by atoms with Crippen LogP contribution in [-0.4, -0.2) is 22.7 Å². The van der Waals surface area contributed by atoms with Gasteiger partial charge >= 0.3 is 0 Å². The molecule has 0 spiro atoms. The maximum Gasteiger partial charge on any atom is 0.187 e. The SMILES string of the molecule is CSC1CCCC(NCc2cc(F)c(O)c(F)c2)C1. The Labute approximate surface area is 116 Å². The second-order valence-corrected chi connectivity index (χ2v) is 6.15. The van der Waals surface area contributed by atoms with Crippen LogP contribution in [-0.2, 0) is 6.54 Å². The van der Waals surface area contributed by atoms with E-state index in [4.69, 9.17) is 5.11 Å². The summed E-state index contributed by atoms with van der Waals surface area (Å²) < 4.78 is 26.4. The summed E-state index contributed by atoms with van der Waals surface area (Å²) in [5, 5.41) is 13.1. The molecular weight excluding hydrogens is 268 g/mol.